The summed E-state index contributed by atoms with van der Waals surface area (Å²) in [4.78, 5) is 14.7. The van der Waals surface area contributed by atoms with Crippen molar-refractivity contribution in [2.45, 2.75) is 19.3 Å². The predicted molar refractivity (Wildman–Crippen MR) is 212 cm³/mol. The zero-order valence-corrected chi connectivity index (χ0v) is 28.4. The number of aromatic nitrogens is 3. The molecule has 0 unspecified atom stereocenters. The summed E-state index contributed by atoms with van der Waals surface area (Å²) in [7, 11) is 0. The van der Waals surface area contributed by atoms with Gasteiger partial charge in [-0.05, 0) is 71.8 Å². The van der Waals surface area contributed by atoms with E-state index in [0.29, 0.717) is 17.5 Å². The fourth-order valence-corrected chi connectivity index (χ4v) is 8.25. The molecule has 0 bridgehead atoms. The first kappa shape index (κ1) is 29.5. The van der Waals surface area contributed by atoms with Crippen LogP contribution in [0.2, 0.25) is 0 Å². The Labute approximate surface area is 297 Å². The number of nitrogens with zero attached hydrogens (tertiary/aromatic N) is 3. The molecule has 3 nitrogen and oxygen atoms in total. The van der Waals surface area contributed by atoms with Crippen LogP contribution < -0.4 is 0 Å². The van der Waals surface area contributed by atoms with Gasteiger partial charge in [-0.3, -0.25) is 0 Å². The van der Waals surface area contributed by atoms with Gasteiger partial charge in [0.1, 0.15) is 0 Å². The molecule has 8 aromatic carbocycles. The summed E-state index contributed by atoms with van der Waals surface area (Å²) in [5.41, 5.74) is 10.5. The van der Waals surface area contributed by atoms with Gasteiger partial charge in [0.15, 0.2) is 17.5 Å². The van der Waals surface area contributed by atoms with Gasteiger partial charge >= 0.3 is 0 Å². The molecule has 1 aliphatic carbocycles. The molecule has 0 amide bonds. The summed E-state index contributed by atoms with van der Waals surface area (Å²) < 4.78 is 0. The van der Waals surface area contributed by atoms with Crippen molar-refractivity contribution in [1.82, 2.24) is 15.0 Å². The molecule has 1 heterocycles. The van der Waals surface area contributed by atoms with Crippen LogP contribution in [0.1, 0.15) is 25.0 Å². The SMILES string of the molecule is CC1(C)c2ccc(-c3ccc(-c4nc(-c5ccccc5)nc(-c5ccccc5)n4)cc3)cc2-c2ccc3c4ccccc4c4ccccc4c3c21. The Morgan fingerprint density at radius 3 is 1.35 bits per heavy atom. The molecule has 0 saturated carbocycles. The quantitative estimate of drug-likeness (QED) is 0.178. The van der Waals surface area contributed by atoms with Crippen LogP contribution in [0.4, 0.5) is 0 Å². The second-order valence-corrected chi connectivity index (χ2v) is 14.0. The van der Waals surface area contributed by atoms with Gasteiger partial charge < -0.3 is 0 Å². The molecule has 0 atom stereocenters. The molecule has 1 aromatic heterocycles. The van der Waals surface area contributed by atoms with Gasteiger partial charge in [0.2, 0.25) is 0 Å². The molecule has 0 N–H and O–H groups in total. The lowest BCUT2D eigenvalue weighted by Crippen LogP contribution is -2.15. The molecule has 240 valence electrons. The van der Waals surface area contributed by atoms with E-state index in [2.05, 4.69) is 117 Å². The van der Waals surface area contributed by atoms with Gasteiger partial charge in [-0.2, -0.15) is 0 Å². The highest BCUT2D eigenvalue weighted by molar-refractivity contribution is 6.27. The summed E-state index contributed by atoms with van der Waals surface area (Å²) in [5, 5.41) is 7.95. The third kappa shape index (κ3) is 4.62. The summed E-state index contributed by atoms with van der Waals surface area (Å²) in [6, 6.07) is 58.3. The Morgan fingerprint density at radius 2 is 0.784 bits per heavy atom. The molecule has 10 rings (SSSR count). The van der Waals surface area contributed by atoms with E-state index in [1.54, 1.807) is 0 Å². The van der Waals surface area contributed by atoms with Crippen molar-refractivity contribution in [3.63, 3.8) is 0 Å². The van der Waals surface area contributed by atoms with E-state index in [-0.39, 0.29) is 5.41 Å². The summed E-state index contributed by atoms with van der Waals surface area (Å²) in [6.45, 7) is 4.77. The van der Waals surface area contributed by atoms with Crippen LogP contribution in [0.5, 0.6) is 0 Å². The van der Waals surface area contributed by atoms with E-state index in [1.165, 1.54) is 60.1 Å². The molecule has 9 aromatic rings. The largest absolute Gasteiger partial charge is 0.208 e. The van der Waals surface area contributed by atoms with E-state index < -0.39 is 0 Å². The van der Waals surface area contributed by atoms with Gasteiger partial charge in [-0.15, -0.1) is 0 Å². The van der Waals surface area contributed by atoms with Crippen LogP contribution in [0, 0.1) is 0 Å². The number of fused-ring (bicyclic) bond motifs is 10. The van der Waals surface area contributed by atoms with Crippen molar-refractivity contribution >= 4 is 32.3 Å². The summed E-state index contributed by atoms with van der Waals surface area (Å²) in [6.07, 6.45) is 0. The van der Waals surface area contributed by atoms with Crippen LogP contribution in [0.3, 0.4) is 0 Å². The molecular formula is C48H33N3. The molecule has 0 aliphatic heterocycles. The maximum Gasteiger partial charge on any atom is 0.164 e. The lowest BCUT2D eigenvalue weighted by Gasteiger charge is -2.24. The van der Waals surface area contributed by atoms with Crippen LogP contribution in [-0.2, 0) is 5.41 Å². The first-order chi connectivity index (χ1) is 25.0. The Hall–Kier alpha value is -6.45. The molecule has 51 heavy (non-hydrogen) atoms. The second-order valence-electron chi connectivity index (χ2n) is 14.0. The van der Waals surface area contributed by atoms with Crippen molar-refractivity contribution in [1.29, 1.82) is 0 Å². The van der Waals surface area contributed by atoms with Crippen LogP contribution in [-0.4, -0.2) is 15.0 Å². The normalized spacial score (nSPS) is 13.1. The van der Waals surface area contributed by atoms with E-state index >= 15 is 0 Å². The highest BCUT2D eigenvalue weighted by Crippen LogP contribution is 2.54. The summed E-state index contributed by atoms with van der Waals surface area (Å²) >= 11 is 0. The Bertz CT molecular complexity index is 2710. The topological polar surface area (TPSA) is 38.7 Å². The third-order valence-electron chi connectivity index (χ3n) is 10.7. The molecule has 0 spiro atoms. The number of hydrogen-bond acceptors (Lipinski definition) is 3. The smallest absolute Gasteiger partial charge is 0.164 e. The maximum absolute atomic E-state index is 4.93. The van der Waals surface area contributed by atoms with Gasteiger partial charge in [-0.1, -0.05) is 172 Å². The number of hydrogen-bond donors (Lipinski definition) is 0. The lowest BCUT2D eigenvalue weighted by molar-refractivity contribution is 0.667. The predicted octanol–water partition coefficient (Wildman–Crippen LogP) is 12.3. The first-order valence-corrected chi connectivity index (χ1v) is 17.5. The van der Waals surface area contributed by atoms with Crippen LogP contribution in [0.25, 0.3) is 88.7 Å². The average molecular weight is 652 g/mol. The highest BCUT2D eigenvalue weighted by Gasteiger charge is 2.37. The fraction of sp³-hybridized carbons (Fsp3) is 0.0625. The zero-order chi connectivity index (χ0) is 34.1. The molecule has 0 saturated heterocycles. The zero-order valence-electron chi connectivity index (χ0n) is 28.4. The minimum atomic E-state index is -0.149. The number of benzene rings is 8. The van der Waals surface area contributed by atoms with Crippen LogP contribution in [0.15, 0.2) is 164 Å². The van der Waals surface area contributed by atoms with Gasteiger partial charge in [0, 0.05) is 22.1 Å². The summed E-state index contributed by atoms with van der Waals surface area (Å²) in [5.74, 6) is 1.99. The van der Waals surface area contributed by atoms with Crippen molar-refractivity contribution in [3.05, 3.63) is 175 Å². The molecule has 0 fully saturated rings. The second kappa shape index (κ2) is 11.3. The fourth-order valence-electron chi connectivity index (χ4n) is 8.25. The Morgan fingerprint density at radius 1 is 0.353 bits per heavy atom. The average Bonchev–Trinajstić information content (AvgIpc) is 3.43. The monoisotopic (exact) mass is 651 g/mol. The lowest BCUT2D eigenvalue weighted by atomic mass is 9.78. The maximum atomic E-state index is 4.93. The molecular weight excluding hydrogens is 619 g/mol. The van der Waals surface area contributed by atoms with E-state index in [1.807, 2.05) is 60.7 Å². The van der Waals surface area contributed by atoms with Crippen molar-refractivity contribution in [2.75, 3.05) is 0 Å². The van der Waals surface area contributed by atoms with Gasteiger partial charge in [0.05, 0.1) is 0 Å². The standard InChI is InChI=1S/C48H33N3/c1-48(2)42-28-25-34(29-41(42)40-27-26-39-37-19-10-9-17-35(37)36-18-11-12-20-38(36)43(39)44(40)48)30-21-23-33(24-22-30)47-50-45(31-13-5-3-6-14-31)49-46(51-47)32-15-7-4-8-16-32/h3-29H,1-2H3. The van der Waals surface area contributed by atoms with Crippen molar-refractivity contribution in [2.24, 2.45) is 0 Å². The first-order valence-electron chi connectivity index (χ1n) is 17.5. The van der Waals surface area contributed by atoms with Crippen LogP contribution >= 0.6 is 0 Å². The molecule has 0 radical (unpaired) electrons. The third-order valence-corrected chi connectivity index (χ3v) is 10.7. The van der Waals surface area contributed by atoms with E-state index in [0.717, 1.165) is 22.3 Å². The van der Waals surface area contributed by atoms with Gasteiger partial charge in [-0.25, -0.2) is 15.0 Å². The Kier molecular flexibility index (Phi) is 6.53. The van der Waals surface area contributed by atoms with Crippen molar-refractivity contribution < 1.29 is 0 Å². The minimum Gasteiger partial charge on any atom is -0.208 e. The minimum absolute atomic E-state index is 0.149. The van der Waals surface area contributed by atoms with Gasteiger partial charge in [0.25, 0.3) is 0 Å². The van der Waals surface area contributed by atoms with E-state index in [9.17, 15) is 0 Å². The van der Waals surface area contributed by atoms with Crippen molar-refractivity contribution in [3.8, 4) is 56.4 Å². The Balaban J connectivity index is 1.08. The highest BCUT2D eigenvalue weighted by atomic mass is 15.0. The number of rotatable bonds is 4. The molecule has 3 heteroatoms. The van der Waals surface area contributed by atoms with E-state index in [4.69, 9.17) is 15.0 Å². The molecule has 1 aliphatic rings.